The van der Waals surface area contributed by atoms with Gasteiger partial charge < -0.3 is 20.6 Å². The number of hydrogen-bond acceptors (Lipinski definition) is 6. The fourth-order valence-corrected chi connectivity index (χ4v) is 2.97. The Morgan fingerprint density at radius 2 is 2.07 bits per heavy atom. The van der Waals surface area contributed by atoms with Crippen molar-refractivity contribution in [2.75, 3.05) is 31.5 Å². The predicted molar refractivity (Wildman–Crippen MR) is 105 cm³/mol. The largest absolute Gasteiger partial charge is 0.480 e. The Morgan fingerprint density at radius 1 is 1.37 bits per heavy atom. The highest BCUT2D eigenvalue weighted by molar-refractivity contribution is 7.80. The average Bonchev–Trinajstić information content (AvgIpc) is 2.86. The number of nitro benzene ring substituents is 1. The van der Waals surface area contributed by atoms with E-state index in [0.717, 1.165) is 4.90 Å². The number of nitrogens with one attached hydrogen (secondary N) is 2. The van der Waals surface area contributed by atoms with Crippen molar-refractivity contribution in [2.24, 2.45) is 0 Å². The van der Waals surface area contributed by atoms with Gasteiger partial charge in [0, 0.05) is 19.2 Å². The smallest absolute Gasteiger partial charge is 0.323 e. The Hall–Kier alpha value is -2.86. The summed E-state index contributed by atoms with van der Waals surface area (Å²) in [5.41, 5.74) is 0.205. The standard InChI is InChI=1S/C15H17N5O5S2/c21-12-8-18(15(27)19(12)9-13(22)23)7-3-6-16-14(26)17-10-4-1-2-5-11(10)20(24)25/h1-2,4-5H,3,6-9H2,(H,22,23)(H2,16,17,26). The minimum absolute atomic E-state index is 0.0466. The molecule has 1 aromatic rings. The molecule has 0 aromatic heterocycles. The van der Waals surface area contributed by atoms with Crippen LogP contribution < -0.4 is 10.6 Å². The number of anilines is 1. The van der Waals surface area contributed by atoms with E-state index >= 15 is 0 Å². The number of carboxylic acid groups (broad SMARTS) is 1. The molecule has 1 aliphatic heterocycles. The third-order valence-electron chi connectivity index (χ3n) is 3.66. The molecule has 1 heterocycles. The van der Waals surface area contributed by atoms with E-state index in [1.807, 2.05) is 0 Å². The molecule has 12 heteroatoms. The molecule has 27 heavy (non-hydrogen) atoms. The first-order valence-electron chi connectivity index (χ1n) is 7.89. The van der Waals surface area contributed by atoms with Gasteiger partial charge in [-0.2, -0.15) is 0 Å². The Kier molecular flexibility index (Phi) is 6.96. The number of para-hydroxylation sites is 2. The number of carbonyl (C=O) groups is 2. The third kappa shape index (κ3) is 5.56. The van der Waals surface area contributed by atoms with Gasteiger partial charge in [0.05, 0.1) is 11.5 Å². The van der Waals surface area contributed by atoms with Crippen LogP contribution in [0.25, 0.3) is 0 Å². The van der Waals surface area contributed by atoms with E-state index in [9.17, 15) is 19.7 Å². The summed E-state index contributed by atoms with van der Waals surface area (Å²) < 4.78 is 0. The van der Waals surface area contributed by atoms with Gasteiger partial charge >= 0.3 is 5.97 Å². The fourth-order valence-electron chi connectivity index (χ4n) is 2.44. The van der Waals surface area contributed by atoms with Crippen molar-refractivity contribution in [2.45, 2.75) is 6.42 Å². The average molecular weight is 411 g/mol. The molecule has 10 nitrogen and oxygen atoms in total. The maximum atomic E-state index is 11.8. The van der Waals surface area contributed by atoms with Crippen molar-refractivity contribution >= 4 is 57.9 Å². The maximum absolute atomic E-state index is 11.8. The summed E-state index contributed by atoms with van der Waals surface area (Å²) >= 11 is 10.3. The van der Waals surface area contributed by atoms with Crippen molar-refractivity contribution in [3.8, 4) is 0 Å². The van der Waals surface area contributed by atoms with E-state index in [0.29, 0.717) is 19.5 Å². The van der Waals surface area contributed by atoms with Crippen molar-refractivity contribution in [3.05, 3.63) is 34.4 Å². The van der Waals surface area contributed by atoms with Gasteiger partial charge in [-0.05, 0) is 36.9 Å². The van der Waals surface area contributed by atoms with Crippen molar-refractivity contribution in [1.29, 1.82) is 0 Å². The topological polar surface area (TPSA) is 128 Å². The molecule has 2 rings (SSSR count). The molecule has 3 N–H and O–H groups in total. The minimum Gasteiger partial charge on any atom is -0.480 e. The molecule has 1 fully saturated rings. The third-order valence-corrected chi connectivity index (χ3v) is 4.39. The number of hydrogen-bond donors (Lipinski definition) is 3. The number of amides is 1. The Balaban J connectivity index is 1.77. The van der Waals surface area contributed by atoms with Gasteiger partial charge in [0.15, 0.2) is 10.2 Å². The van der Waals surface area contributed by atoms with Crippen LogP contribution in [0.4, 0.5) is 11.4 Å². The van der Waals surface area contributed by atoms with Crippen LogP contribution in [0.2, 0.25) is 0 Å². The SMILES string of the molecule is O=C(O)CN1C(=O)CN(CCCNC(=S)Nc2ccccc2[N+](=O)[O-])C1=S. The lowest BCUT2D eigenvalue weighted by molar-refractivity contribution is -0.383. The minimum atomic E-state index is -1.12. The molecule has 0 saturated carbocycles. The number of rotatable bonds is 8. The molecule has 1 saturated heterocycles. The lowest BCUT2D eigenvalue weighted by Crippen LogP contribution is -2.37. The second-order valence-corrected chi connectivity index (χ2v) is 6.36. The lowest BCUT2D eigenvalue weighted by Gasteiger charge is -2.19. The van der Waals surface area contributed by atoms with Crippen molar-refractivity contribution in [1.82, 2.24) is 15.1 Å². The van der Waals surface area contributed by atoms with E-state index < -0.39 is 17.4 Å². The molecule has 0 unspecified atom stereocenters. The maximum Gasteiger partial charge on any atom is 0.323 e. The Bertz CT molecular complexity index is 788. The fraction of sp³-hybridized carbons (Fsp3) is 0.333. The van der Waals surface area contributed by atoms with Crippen LogP contribution in [0, 0.1) is 10.1 Å². The molecule has 0 radical (unpaired) electrons. The highest BCUT2D eigenvalue weighted by atomic mass is 32.1. The van der Waals surface area contributed by atoms with Crippen molar-refractivity contribution in [3.63, 3.8) is 0 Å². The Labute approximate surface area is 165 Å². The highest BCUT2D eigenvalue weighted by Crippen LogP contribution is 2.22. The quantitative estimate of drug-likeness (QED) is 0.244. The number of benzene rings is 1. The second kappa shape index (κ2) is 9.19. The number of carbonyl (C=O) groups excluding carboxylic acids is 1. The number of nitrogens with zero attached hydrogens (tertiary/aromatic N) is 3. The van der Waals surface area contributed by atoms with Crippen LogP contribution in [0.15, 0.2) is 24.3 Å². The van der Waals surface area contributed by atoms with Gasteiger partial charge in [-0.1, -0.05) is 12.1 Å². The predicted octanol–water partition coefficient (Wildman–Crippen LogP) is 0.785. The van der Waals surface area contributed by atoms with E-state index in [-0.39, 0.29) is 34.1 Å². The van der Waals surface area contributed by atoms with Crippen molar-refractivity contribution < 1.29 is 19.6 Å². The van der Waals surface area contributed by atoms with Crippen LogP contribution in [0.3, 0.4) is 0 Å². The Morgan fingerprint density at radius 3 is 2.74 bits per heavy atom. The summed E-state index contributed by atoms with van der Waals surface area (Å²) in [5, 5.41) is 25.9. The normalized spacial score (nSPS) is 13.6. The molecule has 1 aromatic carbocycles. The first-order valence-corrected chi connectivity index (χ1v) is 8.70. The molecule has 0 bridgehead atoms. The summed E-state index contributed by atoms with van der Waals surface area (Å²) in [6.07, 6.45) is 0.576. The van der Waals surface area contributed by atoms with Gasteiger partial charge in [0.1, 0.15) is 12.2 Å². The van der Waals surface area contributed by atoms with Gasteiger partial charge in [-0.25, -0.2) is 0 Å². The summed E-state index contributed by atoms with van der Waals surface area (Å²) in [6, 6.07) is 6.15. The van der Waals surface area contributed by atoms with Crippen LogP contribution >= 0.6 is 24.4 Å². The zero-order valence-corrected chi connectivity index (χ0v) is 15.7. The first kappa shape index (κ1) is 20.5. The van der Waals surface area contributed by atoms with E-state index in [2.05, 4.69) is 10.6 Å². The molecule has 0 atom stereocenters. The molecule has 0 spiro atoms. The lowest BCUT2D eigenvalue weighted by atomic mass is 10.3. The number of thiocarbonyl (C=S) groups is 2. The van der Waals surface area contributed by atoms with E-state index in [4.69, 9.17) is 29.5 Å². The van der Waals surface area contributed by atoms with Crippen LogP contribution in [0.1, 0.15) is 6.42 Å². The summed E-state index contributed by atoms with van der Waals surface area (Å²) in [4.78, 5) is 35.7. The summed E-state index contributed by atoms with van der Waals surface area (Å²) in [5.74, 6) is -1.47. The molecular formula is C15H17N5O5S2. The highest BCUT2D eigenvalue weighted by Gasteiger charge is 2.33. The van der Waals surface area contributed by atoms with Gasteiger partial charge in [0.25, 0.3) is 5.69 Å². The van der Waals surface area contributed by atoms with E-state index in [1.165, 1.54) is 6.07 Å². The zero-order valence-electron chi connectivity index (χ0n) is 14.1. The molecular weight excluding hydrogens is 394 g/mol. The molecule has 0 aliphatic carbocycles. The monoisotopic (exact) mass is 411 g/mol. The number of nitro groups is 1. The second-order valence-electron chi connectivity index (χ2n) is 5.59. The van der Waals surface area contributed by atoms with E-state index in [1.54, 1.807) is 23.1 Å². The molecule has 1 aliphatic rings. The first-order chi connectivity index (χ1) is 12.8. The van der Waals surface area contributed by atoms with Gasteiger partial charge in [0.2, 0.25) is 5.91 Å². The van der Waals surface area contributed by atoms with Crippen LogP contribution in [-0.2, 0) is 9.59 Å². The van der Waals surface area contributed by atoms with Gasteiger partial charge in [-0.3, -0.25) is 24.6 Å². The van der Waals surface area contributed by atoms with Crippen LogP contribution in [-0.4, -0.2) is 68.1 Å². The number of carboxylic acids is 1. The van der Waals surface area contributed by atoms with Crippen LogP contribution in [0.5, 0.6) is 0 Å². The summed E-state index contributed by atoms with van der Waals surface area (Å²) in [7, 11) is 0. The molecule has 144 valence electrons. The van der Waals surface area contributed by atoms with Gasteiger partial charge in [-0.15, -0.1) is 0 Å². The molecule has 1 amide bonds. The summed E-state index contributed by atoms with van der Waals surface area (Å²) in [6.45, 7) is 0.488. The zero-order chi connectivity index (χ0) is 20.0. The number of aliphatic carboxylic acids is 1.